The molecule has 0 heterocycles. The summed E-state index contributed by atoms with van der Waals surface area (Å²) in [5.74, 6) is -1.30. The number of benzene rings is 2. The number of carboxylic acid groups (broad SMARTS) is 1. The maximum absolute atomic E-state index is 12.4. The molecule has 0 spiro atoms. The summed E-state index contributed by atoms with van der Waals surface area (Å²) in [6.45, 7) is -0.379. The van der Waals surface area contributed by atoms with Gasteiger partial charge in [-0.1, -0.05) is 24.3 Å². The van der Waals surface area contributed by atoms with Gasteiger partial charge in [0.25, 0.3) is 0 Å². The van der Waals surface area contributed by atoms with E-state index in [0.29, 0.717) is 17.7 Å². The first-order valence-electron chi connectivity index (χ1n) is 10.2. The number of amides is 1. The number of hydrogen-bond acceptors (Lipinski definition) is 6. The minimum atomic E-state index is -4.10. The van der Waals surface area contributed by atoms with E-state index in [2.05, 4.69) is 10.0 Å². The third-order valence-corrected chi connectivity index (χ3v) is 6.34. The number of carboxylic acids is 1. The molecular formula is C22H28N4O6S. The van der Waals surface area contributed by atoms with E-state index in [-0.39, 0.29) is 29.6 Å². The summed E-state index contributed by atoms with van der Waals surface area (Å²) in [6.07, 6.45) is 2.24. The fourth-order valence-electron chi connectivity index (χ4n) is 2.96. The Morgan fingerprint density at radius 2 is 1.73 bits per heavy atom. The van der Waals surface area contributed by atoms with Crippen LogP contribution in [0.4, 0.5) is 0 Å². The molecule has 0 aliphatic heterocycles. The van der Waals surface area contributed by atoms with Crippen LogP contribution in [0.5, 0.6) is 5.75 Å². The lowest BCUT2D eigenvalue weighted by atomic mass is 10.0. The zero-order valence-corrected chi connectivity index (χ0v) is 19.0. The van der Waals surface area contributed by atoms with Gasteiger partial charge >= 0.3 is 5.97 Å². The molecule has 0 aliphatic rings. The Labute approximate surface area is 192 Å². The Bertz CT molecular complexity index is 1070. The number of methoxy groups -OCH3 is 1. The molecule has 1 atom stereocenters. The number of carbonyl (C=O) groups is 2. The highest BCUT2D eigenvalue weighted by Crippen LogP contribution is 2.15. The first-order valence-corrected chi connectivity index (χ1v) is 11.7. The number of amidine groups is 1. The highest BCUT2D eigenvalue weighted by Gasteiger charge is 2.25. The molecule has 11 heteroatoms. The Kier molecular flexibility index (Phi) is 9.37. The van der Waals surface area contributed by atoms with Gasteiger partial charge in [0.15, 0.2) is 0 Å². The largest absolute Gasteiger partial charge is 0.497 e. The molecule has 1 amide bonds. The van der Waals surface area contributed by atoms with Crippen molar-refractivity contribution in [3.8, 4) is 5.75 Å². The fourth-order valence-corrected chi connectivity index (χ4v) is 4.15. The SMILES string of the molecule is COc1ccc(S(=O)(=O)N[C@@H](CNC(=O)CCCCc2ccc(C(=N)N)cc2)C(=O)O)cc1. The van der Waals surface area contributed by atoms with Crippen molar-refractivity contribution in [2.45, 2.75) is 36.6 Å². The molecule has 0 aromatic heterocycles. The number of unbranched alkanes of at least 4 members (excludes halogenated alkanes) is 1. The van der Waals surface area contributed by atoms with E-state index in [4.69, 9.17) is 15.9 Å². The summed E-state index contributed by atoms with van der Waals surface area (Å²) in [4.78, 5) is 23.4. The first kappa shape index (κ1) is 25.8. The molecule has 2 aromatic carbocycles. The Morgan fingerprint density at radius 1 is 1.09 bits per heavy atom. The van der Waals surface area contributed by atoms with Crippen LogP contribution in [0, 0.1) is 5.41 Å². The van der Waals surface area contributed by atoms with Crippen LogP contribution >= 0.6 is 0 Å². The standard InChI is InChI=1S/C22H28N4O6S/c1-32-17-10-12-18(13-11-17)33(30,31)26-19(22(28)29)14-25-20(27)5-3-2-4-15-6-8-16(9-7-15)21(23)24/h6-13,19,26H,2-5,14H2,1H3,(H3,23,24)(H,25,27)(H,28,29)/t19-/m0/s1. The average molecular weight is 477 g/mol. The van der Waals surface area contributed by atoms with Crippen molar-refractivity contribution in [1.82, 2.24) is 10.0 Å². The van der Waals surface area contributed by atoms with Crippen LogP contribution < -0.4 is 20.5 Å². The van der Waals surface area contributed by atoms with Gasteiger partial charge < -0.3 is 20.9 Å². The summed E-state index contributed by atoms with van der Waals surface area (Å²) in [5.41, 5.74) is 7.12. The van der Waals surface area contributed by atoms with Crippen molar-refractivity contribution in [1.29, 1.82) is 5.41 Å². The highest BCUT2D eigenvalue weighted by atomic mass is 32.2. The van der Waals surface area contributed by atoms with Crippen LogP contribution in [-0.2, 0) is 26.0 Å². The van der Waals surface area contributed by atoms with Gasteiger partial charge in [-0.05, 0) is 49.1 Å². The van der Waals surface area contributed by atoms with Gasteiger partial charge in [0.05, 0.1) is 12.0 Å². The smallest absolute Gasteiger partial charge is 0.323 e. The van der Waals surface area contributed by atoms with Gasteiger partial charge in [0, 0.05) is 18.5 Å². The second kappa shape index (κ2) is 12.0. The van der Waals surface area contributed by atoms with Crippen molar-refractivity contribution in [3.05, 3.63) is 59.7 Å². The Balaban J connectivity index is 1.79. The van der Waals surface area contributed by atoms with Crippen LogP contribution in [0.2, 0.25) is 0 Å². The van der Waals surface area contributed by atoms with E-state index >= 15 is 0 Å². The van der Waals surface area contributed by atoms with Crippen LogP contribution in [0.1, 0.15) is 30.4 Å². The molecule has 0 unspecified atom stereocenters. The monoisotopic (exact) mass is 476 g/mol. The van der Waals surface area contributed by atoms with Crippen molar-refractivity contribution in [3.63, 3.8) is 0 Å². The first-order chi connectivity index (χ1) is 15.6. The zero-order valence-electron chi connectivity index (χ0n) is 18.2. The lowest BCUT2D eigenvalue weighted by molar-refractivity contribution is -0.138. The number of ether oxygens (including phenoxy) is 1. The number of aliphatic carboxylic acids is 1. The predicted octanol–water partition coefficient (Wildman–Crippen LogP) is 1.24. The summed E-state index contributed by atoms with van der Waals surface area (Å²) in [7, 11) is -2.65. The maximum Gasteiger partial charge on any atom is 0.323 e. The third-order valence-electron chi connectivity index (χ3n) is 4.85. The van der Waals surface area contributed by atoms with Gasteiger partial charge in [-0.15, -0.1) is 0 Å². The van der Waals surface area contributed by atoms with Crippen molar-refractivity contribution >= 4 is 27.7 Å². The van der Waals surface area contributed by atoms with E-state index in [0.717, 1.165) is 18.4 Å². The minimum Gasteiger partial charge on any atom is -0.497 e. The molecule has 0 fully saturated rings. The topological polar surface area (TPSA) is 172 Å². The molecule has 0 aliphatic carbocycles. The Morgan fingerprint density at radius 3 is 2.27 bits per heavy atom. The molecule has 10 nitrogen and oxygen atoms in total. The number of nitrogens with one attached hydrogen (secondary N) is 3. The van der Waals surface area contributed by atoms with Gasteiger partial charge in [-0.2, -0.15) is 4.72 Å². The van der Waals surface area contributed by atoms with Crippen molar-refractivity contribution in [2.24, 2.45) is 5.73 Å². The third kappa shape index (κ3) is 8.20. The number of nitrogens with two attached hydrogens (primary N) is 1. The van der Waals surface area contributed by atoms with E-state index in [1.807, 2.05) is 12.1 Å². The molecule has 0 bridgehead atoms. The Hall–Kier alpha value is -3.44. The molecule has 0 saturated heterocycles. The van der Waals surface area contributed by atoms with Gasteiger partial charge in [-0.25, -0.2) is 8.42 Å². The van der Waals surface area contributed by atoms with Gasteiger partial charge in [0.1, 0.15) is 17.6 Å². The lowest BCUT2D eigenvalue weighted by Gasteiger charge is -2.16. The van der Waals surface area contributed by atoms with E-state index < -0.39 is 22.0 Å². The summed E-state index contributed by atoms with van der Waals surface area (Å²) in [6, 6.07) is 11.3. The lowest BCUT2D eigenvalue weighted by Crippen LogP contribution is -2.48. The van der Waals surface area contributed by atoms with Crippen LogP contribution in [-0.4, -0.2) is 50.9 Å². The normalized spacial score (nSPS) is 12.0. The van der Waals surface area contributed by atoms with E-state index in [1.54, 1.807) is 12.1 Å². The molecule has 2 rings (SSSR count). The molecule has 2 aromatic rings. The van der Waals surface area contributed by atoms with Crippen LogP contribution in [0.25, 0.3) is 0 Å². The van der Waals surface area contributed by atoms with E-state index in [9.17, 15) is 23.1 Å². The molecule has 0 saturated carbocycles. The second-order valence-electron chi connectivity index (χ2n) is 7.31. The predicted molar refractivity (Wildman–Crippen MR) is 123 cm³/mol. The fraction of sp³-hybridized carbons (Fsp3) is 0.318. The minimum absolute atomic E-state index is 0.00387. The number of nitrogen functional groups attached to an aromatic ring is 1. The van der Waals surface area contributed by atoms with Crippen molar-refractivity contribution < 1.29 is 27.9 Å². The molecule has 0 radical (unpaired) electrons. The zero-order chi connectivity index (χ0) is 24.4. The maximum atomic E-state index is 12.4. The van der Waals surface area contributed by atoms with Gasteiger partial charge in [0.2, 0.25) is 15.9 Å². The number of hydrogen-bond donors (Lipinski definition) is 5. The quantitative estimate of drug-likeness (QED) is 0.164. The van der Waals surface area contributed by atoms with Crippen LogP contribution in [0.3, 0.4) is 0 Å². The average Bonchev–Trinajstić information content (AvgIpc) is 2.79. The second-order valence-corrected chi connectivity index (χ2v) is 9.02. The summed E-state index contributed by atoms with van der Waals surface area (Å²) >= 11 is 0. The number of rotatable bonds is 13. The van der Waals surface area contributed by atoms with Crippen molar-refractivity contribution in [2.75, 3.05) is 13.7 Å². The van der Waals surface area contributed by atoms with Gasteiger partial charge in [-0.3, -0.25) is 15.0 Å². The molecule has 178 valence electrons. The molecule has 33 heavy (non-hydrogen) atoms. The highest BCUT2D eigenvalue weighted by molar-refractivity contribution is 7.89. The number of aryl methyl sites for hydroxylation is 1. The molecular weight excluding hydrogens is 448 g/mol. The van der Waals surface area contributed by atoms with E-state index in [1.165, 1.54) is 31.4 Å². The van der Waals surface area contributed by atoms with Crippen LogP contribution in [0.15, 0.2) is 53.4 Å². The number of sulfonamides is 1. The molecule has 6 N–H and O–H groups in total. The number of carbonyl (C=O) groups excluding carboxylic acids is 1. The summed E-state index contributed by atoms with van der Waals surface area (Å²) in [5, 5.41) is 19.2. The summed E-state index contributed by atoms with van der Waals surface area (Å²) < 4.78 is 32.0.